The minimum atomic E-state index is -0.201. The predicted octanol–water partition coefficient (Wildman–Crippen LogP) is 3.70. The Bertz CT molecular complexity index is 292. The SMILES string of the molecule is CCC(CC)Oc1ccc(C)c(F)c1. The van der Waals surface area contributed by atoms with Gasteiger partial charge in [0.2, 0.25) is 0 Å². The highest BCUT2D eigenvalue weighted by Gasteiger charge is 2.06. The highest BCUT2D eigenvalue weighted by molar-refractivity contribution is 5.28. The normalized spacial score (nSPS) is 10.6. The Balaban J connectivity index is 2.72. The Labute approximate surface area is 84.9 Å². The Hall–Kier alpha value is -1.05. The van der Waals surface area contributed by atoms with Crippen LogP contribution in [-0.4, -0.2) is 6.10 Å². The molecule has 0 aliphatic rings. The van der Waals surface area contributed by atoms with Crippen LogP contribution in [0.25, 0.3) is 0 Å². The molecule has 0 saturated heterocycles. The second-order valence-corrected chi connectivity index (χ2v) is 3.47. The van der Waals surface area contributed by atoms with Crippen molar-refractivity contribution in [1.29, 1.82) is 0 Å². The molecule has 0 spiro atoms. The van der Waals surface area contributed by atoms with Gasteiger partial charge in [0.15, 0.2) is 0 Å². The van der Waals surface area contributed by atoms with Gasteiger partial charge in [-0.3, -0.25) is 0 Å². The van der Waals surface area contributed by atoms with Gasteiger partial charge in [-0.15, -0.1) is 0 Å². The number of halogens is 1. The zero-order valence-electron chi connectivity index (χ0n) is 9.01. The quantitative estimate of drug-likeness (QED) is 0.713. The summed E-state index contributed by atoms with van der Waals surface area (Å²) in [5.74, 6) is 0.426. The molecule has 0 fully saturated rings. The van der Waals surface area contributed by atoms with E-state index >= 15 is 0 Å². The van der Waals surface area contributed by atoms with Crippen LogP contribution < -0.4 is 4.74 Å². The second kappa shape index (κ2) is 4.99. The van der Waals surface area contributed by atoms with Crippen molar-refractivity contribution in [3.63, 3.8) is 0 Å². The van der Waals surface area contributed by atoms with Crippen LogP contribution in [0.2, 0.25) is 0 Å². The molecule has 0 aromatic heterocycles. The van der Waals surface area contributed by atoms with E-state index in [9.17, 15) is 4.39 Å². The van der Waals surface area contributed by atoms with Gasteiger partial charge in [0.1, 0.15) is 11.6 Å². The predicted molar refractivity (Wildman–Crippen MR) is 56.1 cm³/mol. The molecule has 0 aliphatic carbocycles. The van der Waals surface area contributed by atoms with Gasteiger partial charge in [-0.2, -0.15) is 0 Å². The summed E-state index contributed by atoms with van der Waals surface area (Å²) in [5, 5.41) is 0. The third-order valence-corrected chi connectivity index (χ3v) is 2.36. The van der Waals surface area contributed by atoms with Gasteiger partial charge in [-0.25, -0.2) is 4.39 Å². The van der Waals surface area contributed by atoms with E-state index in [4.69, 9.17) is 4.74 Å². The molecule has 0 radical (unpaired) electrons. The van der Waals surface area contributed by atoms with E-state index in [1.165, 1.54) is 6.07 Å². The lowest BCUT2D eigenvalue weighted by atomic mass is 10.2. The van der Waals surface area contributed by atoms with E-state index < -0.39 is 0 Å². The maximum Gasteiger partial charge on any atom is 0.129 e. The van der Waals surface area contributed by atoms with E-state index in [-0.39, 0.29) is 11.9 Å². The summed E-state index contributed by atoms with van der Waals surface area (Å²) in [6.45, 7) is 5.88. The van der Waals surface area contributed by atoms with Gasteiger partial charge in [0, 0.05) is 6.07 Å². The molecule has 0 N–H and O–H groups in total. The third kappa shape index (κ3) is 2.72. The van der Waals surface area contributed by atoms with E-state index in [1.807, 2.05) is 6.07 Å². The second-order valence-electron chi connectivity index (χ2n) is 3.47. The summed E-state index contributed by atoms with van der Waals surface area (Å²) in [6, 6.07) is 5.01. The van der Waals surface area contributed by atoms with Crippen molar-refractivity contribution in [3.8, 4) is 5.75 Å². The van der Waals surface area contributed by atoms with E-state index in [2.05, 4.69) is 13.8 Å². The summed E-state index contributed by atoms with van der Waals surface area (Å²) in [5.41, 5.74) is 0.655. The number of hydrogen-bond acceptors (Lipinski definition) is 1. The monoisotopic (exact) mass is 196 g/mol. The number of aryl methyl sites for hydroxylation is 1. The summed E-state index contributed by atoms with van der Waals surface area (Å²) in [4.78, 5) is 0. The first kappa shape index (κ1) is 11.0. The fourth-order valence-electron chi connectivity index (χ4n) is 1.29. The van der Waals surface area contributed by atoms with Crippen LogP contribution >= 0.6 is 0 Å². The average molecular weight is 196 g/mol. The third-order valence-electron chi connectivity index (χ3n) is 2.36. The Morgan fingerprint density at radius 3 is 2.43 bits per heavy atom. The summed E-state index contributed by atoms with van der Waals surface area (Å²) in [6.07, 6.45) is 2.09. The summed E-state index contributed by atoms with van der Waals surface area (Å²) < 4.78 is 18.8. The molecule has 14 heavy (non-hydrogen) atoms. The van der Waals surface area contributed by atoms with Crippen LogP contribution in [0.15, 0.2) is 18.2 Å². The highest BCUT2D eigenvalue weighted by Crippen LogP contribution is 2.18. The standard InChI is InChI=1S/C12H17FO/c1-4-10(5-2)14-11-7-6-9(3)12(13)8-11/h6-8,10H,4-5H2,1-3H3. The van der Waals surface area contributed by atoms with Crippen LogP contribution in [0, 0.1) is 12.7 Å². The fourth-order valence-corrected chi connectivity index (χ4v) is 1.29. The molecule has 0 aliphatic heterocycles. The molecule has 1 nitrogen and oxygen atoms in total. The first-order valence-electron chi connectivity index (χ1n) is 5.10. The van der Waals surface area contributed by atoms with Crippen LogP contribution in [0.5, 0.6) is 5.75 Å². The minimum absolute atomic E-state index is 0.192. The van der Waals surface area contributed by atoms with Gasteiger partial charge < -0.3 is 4.74 Å². The molecule has 1 aromatic carbocycles. The average Bonchev–Trinajstić information content (AvgIpc) is 2.19. The van der Waals surface area contributed by atoms with Crippen LogP contribution in [0.4, 0.5) is 4.39 Å². The zero-order chi connectivity index (χ0) is 10.6. The van der Waals surface area contributed by atoms with Crippen molar-refractivity contribution in [1.82, 2.24) is 0 Å². The number of ether oxygens (including phenoxy) is 1. The van der Waals surface area contributed by atoms with Crippen molar-refractivity contribution in [2.75, 3.05) is 0 Å². The van der Waals surface area contributed by atoms with Gasteiger partial charge in [0.05, 0.1) is 6.10 Å². The maximum absolute atomic E-state index is 13.2. The van der Waals surface area contributed by atoms with E-state index in [0.717, 1.165) is 12.8 Å². The lowest BCUT2D eigenvalue weighted by Gasteiger charge is -2.15. The Morgan fingerprint density at radius 1 is 1.29 bits per heavy atom. The molecule has 1 rings (SSSR count). The Kier molecular flexibility index (Phi) is 3.93. The molecule has 0 saturated carbocycles. The van der Waals surface area contributed by atoms with Crippen molar-refractivity contribution in [2.24, 2.45) is 0 Å². The van der Waals surface area contributed by atoms with E-state index in [0.29, 0.717) is 11.3 Å². The van der Waals surface area contributed by atoms with Gasteiger partial charge in [-0.1, -0.05) is 19.9 Å². The first-order valence-corrected chi connectivity index (χ1v) is 5.10. The number of benzene rings is 1. The molecule has 2 heteroatoms. The van der Waals surface area contributed by atoms with Crippen molar-refractivity contribution < 1.29 is 9.13 Å². The lowest BCUT2D eigenvalue weighted by molar-refractivity contribution is 0.192. The summed E-state index contributed by atoms with van der Waals surface area (Å²) >= 11 is 0. The molecule has 0 atom stereocenters. The maximum atomic E-state index is 13.2. The number of hydrogen-bond donors (Lipinski definition) is 0. The summed E-state index contributed by atoms with van der Waals surface area (Å²) in [7, 11) is 0. The number of rotatable bonds is 4. The van der Waals surface area contributed by atoms with Crippen molar-refractivity contribution in [2.45, 2.75) is 39.7 Å². The molecule has 0 unspecified atom stereocenters. The Morgan fingerprint density at radius 2 is 1.93 bits per heavy atom. The van der Waals surface area contributed by atoms with Gasteiger partial charge in [-0.05, 0) is 31.4 Å². The minimum Gasteiger partial charge on any atom is -0.490 e. The fraction of sp³-hybridized carbons (Fsp3) is 0.500. The lowest BCUT2D eigenvalue weighted by Crippen LogP contribution is -2.13. The van der Waals surface area contributed by atoms with Crippen molar-refractivity contribution in [3.05, 3.63) is 29.6 Å². The van der Waals surface area contributed by atoms with E-state index in [1.54, 1.807) is 13.0 Å². The molecular weight excluding hydrogens is 179 g/mol. The van der Waals surface area contributed by atoms with Crippen LogP contribution in [0.1, 0.15) is 32.3 Å². The molecule has 0 heterocycles. The molecule has 1 aromatic rings. The smallest absolute Gasteiger partial charge is 0.129 e. The van der Waals surface area contributed by atoms with Crippen LogP contribution in [-0.2, 0) is 0 Å². The molecule has 0 bridgehead atoms. The van der Waals surface area contributed by atoms with Crippen LogP contribution in [0.3, 0.4) is 0 Å². The van der Waals surface area contributed by atoms with Crippen molar-refractivity contribution >= 4 is 0 Å². The largest absolute Gasteiger partial charge is 0.490 e. The zero-order valence-corrected chi connectivity index (χ0v) is 9.01. The van der Waals surface area contributed by atoms with Gasteiger partial charge >= 0.3 is 0 Å². The molecule has 0 amide bonds. The van der Waals surface area contributed by atoms with Gasteiger partial charge in [0.25, 0.3) is 0 Å². The first-order chi connectivity index (χ1) is 6.67. The topological polar surface area (TPSA) is 9.23 Å². The highest BCUT2D eigenvalue weighted by atomic mass is 19.1. The molecular formula is C12H17FO. The molecule has 78 valence electrons.